The van der Waals surface area contributed by atoms with Gasteiger partial charge in [-0.05, 0) is 18.8 Å². The van der Waals surface area contributed by atoms with Gasteiger partial charge in [0, 0.05) is 5.33 Å². The molecule has 0 bridgehead atoms. The molecule has 1 rings (SSSR count). The van der Waals surface area contributed by atoms with Crippen molar-refractivity contribution in [3.8, 4) is 0 Å². The summed E-state index contributed by atoms with van der Waals surface area (Å²) in [6, 6.07) is 0. The fourth-order valence-corrected chi connectivity index (χ4v) is 4.76. The van der Waals surface area contributed by atoms with Crippen molar-refractivity contribution in [1.82, 2.24) is 0 Å². The lowest BCUT2D eigenvalue weighted by molar-refractivity contribution is 0.583. The minimum absolute atomic E-state index is 0.249. The second-order valence-electron chi connectivity index (χ2n) is 3.78. The molecular weight excluding hydrogens is 240 g/mol. The standard InChI is InChI=1S/C8H14BrO2S/c1-7(2)5-12(10,11)8(6-9)3-4-8/h3-6H2,1-2H3. The first-order valence-electron chi connectivity index (χ1n) is 4.01. The zero-order valence-corrected chi connectivity index (χ0v) is 9.83. The van der Waals surface area contributed by atoms with Gasteiger partial charge in [-0.1, -0.05) is 29.8 Å². The fourth-order valence-electron chi connectivity index (χ4n) is 1.20. The van der Waals surface area contributed by atoms with E-state index in [1.54, 1.807) is 0 Å². The highest BCUT2D eigenvalue weighted by Gasteiger charge is 2.53. The SMILES string of the molecule is C[C](C)CS(=O)(=O)C1(CBr)CC1. The molecule has 1 saturated carbocycles. The minimum atomic E-state index is -2.88. The van der Waals surface area contributed by atoms with Crippen LogP contribution in [0.25, 0.3) is 0 Å². The zero-order valence-electron chi connectivity index (χ0n) is 7.43. The molecule has 0 aliphatic heterocycles. The molecule has 71 valence electrons. The minimum Gasteiger partial charge on any atom is -0.228 e. The van der Waals surface area contributed by atoms with Gasteiger partial charge < -0.3 is 0 Å². The summed E-state index contributed by atoms with van der Waals surface area (Å²) in [5, 5.41) is 0.593. The molecule has 0 aromatic carbocycles. The lowest BCUT2D eigenvalue weighted by Crippen LogP contribution is -2.28. The van der Waals surface area contributed by atoms with E-state index in [-0.39, 0.29) is 5.75 Å². The Morgan fingerprint density at radius 3 is 2.17 bits per heavy atom. The third-order valence-corrected chi connectivity index (χ3v) is 6.46. The van der Waals surface area contributed by atoms with Crippen molar-refractivity contribution in [1.29, 1.82) is 0 Å². The van der Waals surface area contributed by atoms with Gasteiger partial charge in [0.1, 0.15) is 0 Å². The first-order chi connectivity index (χ1) is 5.43. The van der Waals surface area contributed by atoms with Crippen LogP contribution in [0.15, 0.2) is 0 Å². The molecular formula is C8H14BrO2S. The number of rotatable bonds is 4. The average Bonchev–Trinajstić information content (AvgIpc) is 2.62. The Morgan fingerprint density at radius 1 is 1.42 bits per heavy atom. The van der Waals surface area contributed by atoms with Crippen molar-refractivity contribution in [2.75, 3.05) is 11.1 Å². The van der Waals surface area contributed by atoms with Crippen molar-refractivity contribution in [2.45, 2.75) is 31.4 Å². The lowest BCUT2D eigenvalue weighted by atomic mass is 10.3. The van der Waals surface area contributed by atoms with Crippen LogP contribution >= 0.6 is 15.9 Å². The molecule has 4 heteroatoms. The van der Waals surface area contributed by atoms with Crippen LogP contribution in [0.4, 0.5) is 0 Å². The van der Waals surface area contributed by atoms with Crippen LogP contribution in [0.1, 0.15) is 26.7 Å². The van der Waals surface area contributed by atoms with Gasteiger partial charge in [0.15, 0.2) is 9.84 Å². The summed E-state index contributed by atoms with van der Waals surface area (Å²) in [7, 11) is -2.88. The van der Waals surface area contributed by atoms with E-state index in [0.29, 0.717) is 5.33 Å². The van der Waals surface area contributed by atoms with E-state index in [2.05, 4.69) is 15.9 Å². The van der Waals surface area contributed by atoms with Gasteiger partial charge in [-0.25, -0.2) is 8.42 Å². The summed E-state index contributed by atoms with van der Waals surface area (Å²) in [6.45, 7) is 3.73. The highest BCUT2D eigenvalue weighted by molar-refractivity contribution is 9.09. The molecule has 2 nitrogen and oxygen atoms in total. The molecule has 12 heavy (non-hydrogen) atoms. The van der Waals surface area contributed by atoms with Crippen LogP contribution in [-0.2, 0) is 9.84 Å². The Bertz CT molecular complexity index is 252. The van der Waals surface area contributed by atoms with Gasteiger partial charge in [0.05, 0.1) is 10.5 Å². The van der Waals surface area contributed by atoms with Crippen LogP contribution in [0.5, 0.6) is 0 Å². The smallest absolute Gasteiger partial charge is 0.157 e. The summed E-state index contributed by atoms with van der Waals surface area (Å²) in [6.07, 6.45) is 1.65. The Morgan fingerprint density at radius 2 is 1.92 bits per heavy atom. The van der Waals surface area contributed by atoms with Crippen molar-refractivity contribution in [3.63, 3.8) is 0 Å². The molecule has 0 N–H and O–H groups in total. The van der Waals surface area contributed by atoms with Gasteiger partial charge in [0.2, 0.25) is 0 Å². The van der Waals surface area contributed by atoms with Crippen LogP contribution in [0, 0.1) is 5.92 Å². The largest absolute Gasteiger partial charge is 0.228 e. The predicted molar refractivity (Wildman–Crippen MR) is 54.1 cm³/mol. The lowest BCUT2D eigenvalue weighted by Gasteiger charge is -2.14. The van der Waals surface area contributed by atoms with E-state index in [4.69, 9.17) is 0 Å². The van der Waals surface area contributed by atoms with E-state index in [1.165, 1.54) is 0 Å². The van der Waals surface area contributed by atoms with Crippen molar-refractivity contribution >= 4 is 25.8 Å². The summed E-state index contributed by atoms with van der Waals surface area (Å²) in [5.74, 6) is 1.22. The van der Waals surface area contributed by atoms with Crippen LogP contribution in [0.3, 0.4) is 0 Å². The molecule has 0 amide bonds. The number of sulfone groups is 1. The normalized spacial score (nSPS) is 21.3. The van der Waals surface area contributed by atoms with E-state index >= 15 is 0 Å². The molecule has 0 aromatic rings. The third kappa shape index (κ3) is 1.84. The Hall–Kier alpha value is 0.430. The van der Waals surface area contributed by atoms with E-state index in [0.717, 1.165) is 18.8 Å². The summed E-state index contributed by atoms with van der Waals surface area (Å²) >= 11 is 3.27. The molecule has 0 unspecified atom stereocenters. The summed E-state index contributed by atoms with van der Waals surface area (Å²) in [4.78, 5) is 0. The second kappa shape index (κ2) is 3.29. The monoisotopic (exact) mass is 253 g/mol. The van der Waals surface area contributed by atoms with Gasteiger partial charge >= 0.3 is 0 Å². The Labute approximate surface area is 82.8 Å². The third-order valence-electron chi connectivity index (χ3n) is 2.19. The molecule has 0 heterocycles. The highest BCUT2D eigenvalue weighted by atomic mass is 79.9. The number of alkyl halides is 1. The first-order valence-corrected chi connectivity index (χ1v) is 6.78. The van der Waals surface area contributed by atoms with Gasteiger partial charge in [0.25, 0.3) is 0 Å². The van der Waals surface area contributed by atoms with Crippen LogP contribution < -0.4 is 0 Å². The Balaban J connectivity index is 2.73. The van der Waals surface area contributed by atoms with Gasteiger partial charge in [-0.15, -0.1) is 0 Å². The first kappa shape index (κ1) is 10.5. The van der Waals surface area contributed by atoms with Crippen molar-refractivity contribution in [2.24, 2.45) is 0 Å². The van der Waals surface area contributed by atoms with Gasteiger partial charge in [-0.2, -0.15) is 0 Å². The molecule has 1 aliphatic carbocycles. The zero-order chi connectivity index (χ0) is 9.41. The van der Waals surface area contributed by atoms with Crippen molar-refractivity contribution < 1.29 is 8.42 Å². The highest BCUT2D eigenvalue weighted by Crippen LogP contribution is 2.45. The van der Waals surface area contributed by atoms with Gasteiger partial charge in [-0.3, -0.25) is 0 Å². The number of hydrogen-bond acceptors (Lipinski definition) is 2. The molecule has 0 spiro atoms. The van der Waals surface area contributed by atoms with Crippen molar-refractivity contribution in [3.05, 3.63) is 5.92 Å². The quantitative estimate of drug-likeness (QED) is 0.718. The van der Waals surface area contributed by atoms with E-state index in [1.807, 2.05) is 13.8 Å². The fraction of sp³-hybridized carbons (Fsp3) is 0.875. The number of halogens is 1. The average molecular weight is 254 g/mol. The summed E-state index contributed by atoms with van der Waals surface area (Å²) in [5.41, 5.74) is 0. The molecule has 0 atom stereocenters. The van der Waals surface area contributed by atoms with Crippen LogP contribution in [0.2, 0.25) is 0 Å². The molecule has 1 aliphatic rings. The molecule has 1 fully saturated rings. The van der Waals surface area contributed by atoms with E-state index in [9.17, 15) is 8.42 Å². The maximum absolute atomic E-state index is 11.7. The molecule has 1 radical (unpaired) electrons. The molecule has 0 aromatic heterocycles. The Kier molecular flexibility index (Phi) is 2.88. The molecule has 0 saturated heterocycles. The van der Waals surface area contributed by atoms with E-state index < -0.39 is 14.6 Å². The topological polar surface area (TPSA) is 34.1 Å². The predicted octanol–water partition coefficient (Wildman–Crippen LogP) is 1.94. The van der Waals surface area contributed by atoms with Crippen LogP contribution in [-0.4, -0.2) is 24.2 Å². The maximum Gasteiger partial charge on any atom is 0.157 e. The summed E-state index contributed by atoms with van der Waals surface area (Å²) < 4.78 is 23.0. The number of hydrogen-bond donors (Lipinski definition) is 0. The second-order valence-corrected chi connectivity index (χ2v) is 6.73. The maximum atomic E-state index is 11.7.